The number of methoxy groups -OCH3 is 1. The molecule has 0 aliphatic carbocycles. The topological polar surface area (TPSA) is 47.9 Å². The molecule has 0 aliphatic heterocycles. The largest absolute Gasteiger partial charge is 0.493 e. The van der Waals surface area contributed by atoms with Crippen LogP contribution < -0.4 is 4.74 Å². The molecule has 1 rings (SSSR count). The summed E-state index contributed by atoms with van der Waals surface area (Å²) < 4.78 is 15.9. The standard InChI is InChI=1S/C15H24O4/c1-3-14(16)13-7-4-5-8-15(13)19-10-6-9-18-12-11-17-2/h4-5,7-8,14,16H,3,6,9-12H2,1-2H3/t14-/m1/s1. The molecule has 0 spiro atoms. The zero-order chi connectivity index (χ0) is 13.9. The van der Waals surface area contributed by atoms with Gasteiger partial charge in [0.25, 0.3) is 0 Å². The Bertz CT molecular complexity index is 341. The van der Waals surface area contributed by atoms with Gasteiger partial charge in [-0.25, -0.2) is 0 Å². The first-order valence-electron chi connectivity index (χ1n) is 6.76. The quantitative estimate of drug-likeness (QED) is 0.663. The number of rotatable bonds is 10. The maximum Gasteiger partial charge on any atom is 0.125 e. The fourth-order valence-corrected chi connectivity index (χ4v) is 1.69. The smallest absolute Gasteiger partial charge is 0.125 e. The SMILES string of the molecule is CC[C@@H](O)c1ccccc1OCCCOCCOC. The summed E-state index contributed by atoms with van der Waals surface area (Å²) in [5, 5.41) is 9.89. The van der Waals surface area contributed by atoms with Crippen molar-refractivity contribution in [2.45, 2.75) is 25.9 Å². The van der Waals surface area contributed by atoms with E-state index in [-0.39, 0.29) is 0 Å². The van der Waals surface area contributed by atoms with Crippen LogP contribution in [0.3, 0.4) is 0 Å². The Labute approximate surface area is 115 Å². The number of hydrogen-bond donors (Lipinski definition) is 1. The van der Waals surface area contributed by atoms with Crippen molar-refractivity contribution in [3.05, 3.63) is 29.8 Å². The average molecular weight is 268 g/mol. The second kappa shape index (κ2) is 9.78. The van der Waals surface area contributed by atoms with Crippen LogP contribution in [0.2, 0.25) is 0 Å². The summed E-state index contributed by atoms with van der Waals surface area (Å²) in [5.41, 5.74) is 0.852. The summed E-state index contributed by atoms with van der Waals surface area (Å²) in [7, 11) is 1.66. The van der Waals surface area contributed by atoms with Gasteiger partial charge in [0.2, 0.25) is 0 Å². The van der Waals surface area contributed by atoms with E-state index >= 15 is 0 Å². The minimum atomic E-state index is -0.464. The molecular weight excluding hydrogens is 244 g/mol. The third kappa shape index (κ3) is 6.05. The highest BCUT2D eigenvalue weighted by Crippen LogP contribution is 2.26. The predicted molar refractivity (Wildman–Crippen MR) is 74.5 cm³/mol. The van der Waals surface area contributed by atoms with Gasteiger partial charge in [-0.05, 0) is 12.5 Å². The van der Waals surface area contributed by atoms with Crippen LogP contribution in [0.1, 0.15) is 31.4 Å². The maximum atomic E-state index is 9.89. The Balaban J connectivity index is 2.29. The van der Waals surface area contributed by atoms with E-state index in [0.717, 1.165) is 17.7 Å². The van der Waals surface area contributed by atoms with E-state index in [1.54, 1.807) is 7.11 Å². The van der Waals surface area contributed by atoms with E-state index in [1.165, 1.54) is 0 Å². The number of hydrogen-bond acceptors (Lipinski definition) is 4. The van der Waals surface area contributed by atoms with Crippen molar-refractivity contribution in [3.8, 4) is 5.75 Å². The number of aliphatic hydroxyl groups is 1. The van der Waals surface area contributed by atoms with Gasteiger partial charge in [0, 0.05) is 25.7 Å². The molecule has 0 aromatic heterocycles. The normalized spacial score (nSPS) is 12.4. The molecule has 4 nitrogen and oxygen atoms in total. The number of aliphatic hydroxyl groups excluding tert-OH is 1. The Morgan fingerprint density at radius 2 is 1.89 bits per heavy atom. The lowest BCUT2D eigenvalue weighted by Gasteiger charge is -2.14. The molecule has 0 aliphatic rings. The fraction of sp³-hybridized carbons (Fsp3) is 0.600. The molecule has 0 unspecified atom stereocenters. The van der Waals surface area contributed by atoms with Crippen LogP contribution in [0.15, 0.2) is 24.3 Å². The molecule has 0 radical (unpaired) electrons. The lowest BCUT2D eigenvalue weighted by atomic mass is 10.1. The number of ether oxygens (including phenoxy) is 3. The van der Waals surface area contributed by atoms with Crippen LogP contribution in [-0.4, -0.2) is 38.6 Å². The summed E-state index contributed by atoms with van der Waals surface area (Å²) in [5.74, 6) is 0.758. The van der Waals surface area contributed by atoms with Gasteiger partial charge in [-0.2, -0.15) is 0 Å². The number of para-hydroxylation sites is 1. The molecule has 0 bridgehead atoms. The van der Waals surface area contributed by atoms with Crippen molar-refractivity contribution < 1.29 is 19.3 Å². The van der Waals surface area contributed by atoms with E-state index in [0.29, 0.717) is 32.8 Å². The second-order valence-electron chi connectivity index (χ2n) is 4.27. The second-order valence-corrected chi connectivity index (χ2v) is 4.27. The van der Waals surface area contributed by atoms with Crippen LogP contribution in [0.25, 0.3) is 0 Å². The Morgan fingerprint density at radius 1 is 1.11 bits per heavy atom. The third-order valence-corrected chi connectivity index (χ3v) is 2.79. The minimum absolute atomic E-state index is 0.464. The van der Waals surface area contributed by atoms with Gasteiger partial charge in [0.1, 0.15) is 5.75 Å². The zero-order valence-corrected chi connectivity index (χ0v) is 11.8. The highest BCUT2D eigenvalue weighted by Gasteiger charge is 2.10. The van der Waals surface area contributed by atoms with Crippen LogP contribution in [-0.2, 0) is 9.47 Å². The Kier molecular flexibility index (Phi) is 8.21. The minimum Gasteiger partial charge on any atom is -0.493 e. The number of benzene rings is 1. The van der Waals surface area contributed by atoms with Crippen LogP contribution >= 0.6 is 0 Å². The van der Waals surface area contributed by atoms with Gasteiger partial charge in [0.15, 0.2) is 0 Å². The van der Waals surface area contributed by atoms with Crippen molar-refractivity contribution in [1.29, 1.82) is 0 Å². The van der Waals surface area contributed by atoms with Gasteiger partial charge in [-0.15, -0.1) is 0 Å². The lowest BCUT2D eigenvalue weighted by Crippen LogP contribution is -2.08. The van der Waals surface area contributed by atoms with Crippen molar-refractivity contribution in [2.24, 2.45) is 0 Å². The summed E-state index contributed by atoms with van der Waals surface area (Å²) in [6.07, 6.45) is 1.04. The van der Waals surface area contributed by atoms with Gasteiger partial charge in [0.05, 0.1) is 25.9 Å². The third-order valence-electron chi connectivity index (χ3n) is 2.79. The van der Waals surface area contributed by atoms with E-state index in [1.807, 2.05) is 31.2 Å². The van der Waals surface area contributed by atoms with Crippen molar-refractivity contribution >= 4 is 0 Å². The molecule has 0 saturated heterocycles. The summed E-state index contributed by atoms with van der Waals surface area (Å²) in [4.78, 5) is 0. The molecule has 0 fully saturated rings. The molecule has 0 saturated carbocycles. The molecule has 1 aromatic rings. The Morgan fingerprint density at radius 3 is 2.63 bits per heavy atom. The molecule has 0 amide bonds. The molecule has 0 heterocycles. The highest BCUT2D eigenvalue weighted by atomic mass is 16.5. The summed E-state index contributed by atoms with van der Waals surface area (Å²) in [6.45, 7) is 4.42. The summed E-state index contributed by atoms with van der Waals surface area (Å²) in [6, 6.07) is 7.61. The fourth-order valence-electron chi connectivity index (χ4n) is 1.69. The highest BCUT2D eigenvalue weighted by molar-refractivity contribution is 5.34. The van der Waals surface area contributed by atoms with Gasteiger partial charge in [-0.3, -0.25) is 0 Å². The molecule has 108 valence electrons. The molecule has 19 heavy (non-hydrogen) atoms. The van der Waals surface area contributed by atoms with Crippen molar-refractivity contribution in [3.63, 3.8) is 0 Å². The monoisotopic (exact) mass is 268 g/mol. The Hall–Kier alpha value is -1.10. The first kappa shape index (κ1) is 16.0. The van der Waals surface area contributed by atoms with Gasteiger partial charge >= 0.3 is 0 Å². The van der Waals surface area contributed by atoms with E-state index < -0.39 is 6.10 Å². The molecule has 1 atom stereocenters. The van der Waals surface area contributed by atoms with E-state index in [9.17, 15) is 5.11 Å². The van der Waals surface area contributed by atoms with E-state index in [4.69, 9.17) is 14.2 Å². The zero-order valence-electron chi connectivity index (χ0n) is 11.8. The molecule has 1 aromatic carbocycles. The molecule has 1 N–H and O–H groups in total. The molecule has 4 heteroatoms. The van der Waals surface area contributed by atoms with E-state index in [2.05, 4.69) is 0 Å². The first-order chi connectivity index (χ1) is 9.29. The van der Waals surface area contributed by atoms with Gasteiger partial charge in [-0.1, -0.05) is 25.1 Å². The maximum absolute atomic E-state index is 9.89. The first-order valence-corrected chi connectivity index (χ1v) is 6.76. The lowest BCUT2D eigenvalue weighted by molar-refractivity contribution is 0.0641. The average Bonchev–Trinajstić information content (AvgIpc) is 2.46. The van der Waals surface area contributed by atoms with Crippen molar-refractivity contribution in [2.75, 3.05) is 33.5 Å². The summed E-state index contributed by atoms with van der Waals surface area (Å²) >= 11 is 0. The van der Waals surface area contributed by atoms with Crippen molar-refractivity contribution in [1.82, 2.24) is 0 Å². The van der Waals surface area contributed by atoms with Crippen LogP contribution in [0.5, 0.6) is 5.75 Å². The molecular formula is C15H24O4. The predicted octanol–water partition coefficient (Wildman–Crippen LogP) is 2.56. The van der Waals surface area contributed by atoms with Gasteiger partial charge < -0.3 is 19.3 Å². The van der Waals surface area contributed by atoms with Crippen LogP contribution in [0, 0.1) is 0 Å². The van der Waals surface area contributed by atoms with Crippen LogP contribution in [0.4, 0.5) is 0 Å².